The normalized spacial score (nSPS) is 19.0. The summed E-state index contributed by atoms with van der Waals surface area (Å²) in [6.07, 6.45) is 3.13. The molecule has 1 fully saturated rings. The van der Waals surface area contributed by atoms with Crippen LogP contribution in [0.1, 0.15) is 12.1 Å². The number of hydrogen-bond acceptors (Lipinski definition) is 4. The smallest absolute Gasteiger partial charge is 0.137 e. The third-order valence-electron chi connectivity index (χ3n) is 3.56. The number of pyridine rings is 1. The summed E-state index contributed by atoms with van der Waals surface area (Å²) in [6, 6.07) is 6.26. The third-order valence-corrected chi connectivity index (χ3v) is 3.56. The summed E-state index contributed by atoms with van der Waals surface area (Å²) in [4.78, 5) is 10.2. The Bertz CT molecular complexity index is 547. The number of morpholine rings is 1. The second kappa shape index (κ2) is 8.56. The molecular weight excluding hydrogens is 311 g/mol. The first-order valence-electron chi connectivity index (χ1n) is 6.82. The van der Waals surface area contributed by atoms with Gasteiger partial charge in [0.1, 0.15) is 5.65 Å². The van der Waals surface area contributed by atoms with E-state index >= 15 is 0 Å². The predicted octanol–water partition coefficient (Wildman–Crippen LogP) is 1.96. The third kappa shape index (κ3) is 4.56. The minimum atomic E-state index is 0. The summed E-state index contributed by atoms with van der Waals surface area (Å²) < 4.78 is 5.70. The zero-order valence-corrected chi connectivity index (χ0v) is 13.5. The Morgan fingerprint density at radius 1 is 1.33 bits per heavy atom. The van der Waals surface area contributed by atoms with Crippen molar-refractivity contribution in [2.75, 3.05) is 26.2 Å². The van der Waals surface area contributed by atoms with Crippen LogP contribution in [0, 0.1) is 0 Å². The number of nitrogens with one attached hydrogen (secondary N) is 1. The van der Waals surface area contributed by atoms with Gasteiger partial charge in [0.15, 0.2) is 0 Å². The van der Waals surface area contributed by atoms with Gasteiger partial charge in [-0.1, -0.05) is 0 Å². The van der Waals surface area contributed by atoms with Crippen molar-refractivity contribution in [3.8, 4) is 0 Å². The molecule has 0 radical (unpaired) electrons. The van der Waals surface area contributed by atoms with Crippen molar-refractivity contribution >= 4 is 35.8 Å². The quantitative estimate of drug-likeness (QED) is 0.898. The molecule has 3 N–H and O–H groups in total. The lowest BCUT2D eigenvalue weighted by Crippen LogP contribution is -2.42. The number of nitrogens with zero attached hydrogens (tertiary/aromatic N) is 2. The first-order chi connectivity index (χ1) is 9.35. The Morgan fingerprint density at radius 2 is 2.19 bits per heavy atom. The zero-order chi connectivity index (χ0) is 13.1. The maximum atomic E-state index is 5.70. The van der Waals surface area contributed by atoms with E-state index in [0.717, 1.165) is 49.4 Å². The Labute approximate surface area is 137 Å². The van der Waals surface area contributed by atoms with Crippen molar-refractivity contribution in [1.82, 2.24) is 14.9 Å². The standard InChI is InChI=1S/C14H20N4O.2ClH/c15-5-3-13-10-18(7-8-19-13)9-12-2-1-11-4-6-16-14(11)17-12;;/h1-2,4,6,13H,3,5,7-10,15H2,(H,16,17);2*1H. The largest absolute Gasteiger partial charge is 0.376 e. The fourth-order valence-electron chi connectivity index (χ4n) is 2.57. The van der Waals surface area contributed by atoms with Gasteiger partial charge < -0.3 is 15.5 Å². The fourth-order valence-corrected chi connectivity index (χ4v) is 2.57. The first-order valence-corrected chi connectivity index (χ1v) is 6.82. The fraction of sp³-hybridized carbons (Fsp3) is 0.500. The molecule has 3 rings (SSSR count). The van der Waals surface area contributed by atoms with Gasteiger partial charge in [-0.15, -0.1) is 24.8 Å². The highest BCUT2D eigenvalue weighted by Gasteiger charge is 2.20. The molecule has 1 aliphatic heterocycles. The zero-order valence-electron chi connectivity index (χ0n) is 11.8. The van der Waals surface area contributed by atoms with Crippen LogP contribution in [-0.4, -0.2) is 47.2 Å². The average molecular weight is 333 g/mol. The Hall–Kier alpha value is -0.850. The highest BCUT2D eigenvalue weighted by Crippen LogP contribution is 2.14. The number of H-pyrrole nitrogens is 1. The average Bonchev–Trinajstić information content (AvgIpc) is 2.87. The number of aromatic amines is 1. The van der Waals surface area contributed by atoms with Crippen molar-refractivity contribution in [1.29, 1.82) is 0 Å². The van der Waals surface area contributed by atoms with Gasteiger partial charge in [0.05, 0.1) is 18.4 Å². The van der Waals surface area contributed by atoms with Crippen molar-refractivity contribution in [2.45, 2.75) is 19.1 Å². The lowest BCUT2D eigenvalue weighted by Gasteiger charge is -2.32. The molecule has 1 atom stereocenters. The molecule has 0 saturated carbocycles. The molecule has 0 aliphatic carbocycles. The van der Waals surface area contributed by atoms with Crippen LogP contribution in [0.4, 0.5) is 0 Å². The Kier molecular flexibility index (Phi) is 7.42. The molecule has 3 heterocycles. The van der Waals surface area contributed by atoms with Crippen molar-refractivity contribution in [3.63, 3.8) is 0 Å². The minimum absolute atomic E-state index is 0. The topological polar surface area (TPSA) is 67.2 Å². The van der Waals surface area contributed by atoms with Crippen LogP contribution in [0.25, 0.3) is 11.0 Å². The number of nitrogens with two attached hydrogens (primary N) is 1. The molecule has 7 heteroatoms. The SMILES string of the molecule is Cl.Cl.NCCC1CN(Cc2ccc3cc[nH]c3n2)CCO1. The van der Waals surface area contributed by atoms with Crippen LogP contribution in [-0.2, 0) is 11.3 Å². The molecule has 2 aromatic rings. The number of ether oxygens (including phenoxy) is 1. The van der Waals surface area contributed by atoms with Crippen molar-refractivity contribution in [2.24, 2.45) is 5.73 Å². The molecule has 5 nitrogen and oxygen atoms in total. The van der Waals surface area contributed by atoms with E-state index < -0.39 is 0 Å². The summed E-state index contributed by atoms with van der Waals surface area (Å²) in [6.45, 7) is 4.26. The van der Waals surface area contributed by atoms with Crippen LogP contribution in [0.2, 0.25) is 0 Å². The van der Waals surface area contributed by atoms with E-state index in [1.54, 1.807) is 0 Å². The van der Waals surface area contributed by atoms with E-state index in [4.69, 9.17) is 10.5 Å². The van der Waals surface area contributed by atoms with E-state index in [2.05, 4.69) is 27.0 Å². The number of halogens is 2. The van der Waals surface area contributed by atoms with E-state index in [-0.39, 0.29) is 30.9 Å². The van der Waals surface area contributed by atoms with E-state index in [1.165, 1.54) is 0 Å². The monoisotopic (exact) mass is 332 g/mol. The summed E-state index contributed by atoms with van der Waals surface area (Å²) in [7, 11) is 0. The second-order valence-corrected chi connectivity index (χ2v) is 5.02. The van der Waals surface area contributed by atoms with Crippen LogP contribution in [0.15, 0.2) is 24.4 Å². The van der Waals surface area contributed by atoms with E-state index in [0.29, 0.717) is 6.54 Å². The number of aromatic nitrogens is 2. The molecule has 118 valence electrons. The van der Waals surface area contributed by atoms with Gasteiger partial charge in [-0.3, -0.25) is 4.90 Å². The summed E-state index contributed by atoms with van der Waals surface area (Å²) >= 11 is 0. The van der Waals surface area contributed by atoms with Gasteiger partial charge >= 0.3 is 0 Å². The molecule has 0 bridgehead atoms. The van der Waals surface area contributed by atoms with Gasteiger partial charge in [-0.05, 0) is 31.2 Å². The molecule has 1 aliphatic rings. The number of hydrogen-bond donors (Lipinski definition) is 2. The van der Waals surface area contributed by atoms with E-state index in [1.807, 2.05) is 12.3 Å². The molecule has 0 spiro atoms. The minimum Gasteiger partial charge on any atom is -0.376 e. The molecule has 2 aromatic heterocycles. The number of fused-ring (bicyclic) bond motifs is 1. The molecular formula is C14H22Cl2N4O. The molecule has 21 heavy (non-hydrogen) atoms. The highest BCUT2D eigenvalue weighted by molar-refractivity contribution is 5.85. The van der Waals surface area contributed by atoms with Crippen LogP contribution in [0.3, 0.4) is 0 Å². The lowest BCUT2D eigenvalue weighted by molar-refractivity contribution is -0.0338. The summed E-state index contributed by atoms with van der Waals surface area (Å²) in [5, 5.41) is 1.16. The number of rotatable bonds is 4. The van der Waals surface area contributed by atoms with Gasteiger partial charge in [0.25, 0.3) is 0 Å². The second-order valence-electron chi connectivity index (χ2n) is 5.02. The van der Waals surface area contributed by atoms with Gasteiger partial charge in [0.2, 0.25) is 0 Å². The van der Waals surface area contributed by atoms with Gasteiger partial charge in [0, 0.05) is 31.2 Å². The molecule has 1 unspecified atom stereocenters. The van der Waals surface area contributed by atoms with Crippen LogP contribution in [0.5, 0.6) is 0 Å². The van der Waals surface area contributed by atoms with Crippen molar-refractivity contribution in [3.05, 3.63) is 30.1 Å². The molecule has 1 saturated heterocycles. The molecule has 0 amide bonds. The van der Waals surface area contributed by atoms with Crippen LogP contribution < -0.4 is 5.73 Å². The first kappa shape index (κ1) is 18.2. The van der Waals surface area contributed by atoms with Crippen LogP contribution >= 0.6 is 24.8 Å². The van der Waals surface area contributed by atoms with Crippen molar-refractivity contribution < 1.29 is 4.74 Å². The Balaban J connectivity index is 0.00000110. The van der Waals surface area contributed by atoms with Gasteiger partial charge in [-0.25, -0.2) is 4.98 Å². The summed E-state index contributed by atoms with van der Waals surface area (Å²) in [5.74, 6) is 0. The Morgan fingerprint density at radius 3 is 3.00 bits per heavy atom. The lowest BCUT2D eigenvalue weighted by atomic mass is 10.2. The highest BCUT2D eigenvalue weighted by atomic mass is 35.5. The van der Waals surface area contributed by atoms with Gasteiger partial charge in [-0.2, -0.15) is 0 Å². The molecule has 0 aromatic carbocycles. The van der Waals surface area contributed by atoms with E-state index in [9.17, 15) is 0 Å². The maximum Gasteiger partial charge on any atom is 0.137 e. The maximum absolute atomic E-state index is 5.70. The summed E-state index contributed by atoms with van der Waals surface area (Å²) in [5.41, 5.74) is 7.66. The predicted molar refractivity (Wildman–Crippen MR) is 89.3 cm³/mol.